The number of fused-ring (bicyclic) bond motifs is 6. The summed E-state index contributed by atoms with van der Waals surface area (Å²) < 4.78 is 4.71. The third-order valence-electron chi connectivity index (χ3n) is 9.13. The van der Waals surface area contributed by atoms with E-state index < -0.39 is 0 Å². The normalized spacial score (nSPS) is 11.6. The first-order chi connectivity index (χ1) is 24.8. The molecule has 0 N–H and O–H groups in total. The van der Waals surface area contributed by atoms with E-state index in [4.69, 9.17) is 19.9 Å². The van der Waals surface area contributed by atoms with Gasteiger partial charge in [0.1, 0.15) is 0 Å². The van der Waals surface area contributed by atoms with Crippen molar-refractivity contribution >= 4 is 63.1 Å². The predicted molar refractivity (Wildman–Crippen MR) is 211 cm³/mol. The summed E-state index contributed by atoms with van der Waals surface area (Å²) in [6.07, 6.45) is 0. The van der Waals surface area contributed by atoms with E-state index in [0.29, 0.717) is 0 Å². The van der Waals surface area contributed by atoms with E-state index in [0.717, 1.165) is 72.2 Å². The van der Waals surface area contributed by atoms with Gasteiger partial charge in [0.2, 0.25) is 0 Å². The van der Waals surface area contributed by atoms with Crippen molar-refractivity contribution in [3.8, 4) is 56.5 Å². The van der Waals surface area contributed by atoms with Crippen LogP contribution < -0.4 is 0 Å². The molecule has 10 aromatic rings. The minimum absolute atomic E-state index is 0.717. The number of aromatic nitrogens is 4. The molecule has 0 amide bonds. The Hall–Kier alpha value is -6.08. The van der Waals surface area contributed by atoms with Crippen LogP contribution in [-0.2, 0) is 0 Å². The lowest BCUT2D eigenvalue weighted by atomic mass is 10.0. The summed E-state index contributed by atoms with van der Waals surface area (Å²) in [6.45, 7) is 0. The molecule has 10 rings (SSSR count). The number of hydrogen-bond acceptors (Lipinski definition) is 6. The quantitative estimate of drug-likeness (QED) is 0.182. The standard InChI is InChI=1S/C44H26N4S2/c1-4-13-27(14-5-1)34-26-35(28-15-6-2-7-16-28)46-44(45-34)33-20-12-22-37-39(33)31-24-23-30(25-38(31)49-37)40-42-41(32-19-10-11-21-36(32)50-42)48-43(47-40)29-17-8-3-9-18-29/h1-26H. The minimum Gasteiger partial charge on any atom is -0.228 e. The van der Waals surface area contributed by atoms with Crippen molar-refractivity contribution in [1.82, 2.24) is 19.9 Å². The van der Waals surface area contributed by atoms with Crippen molar-refractivity contribution in [3.05, 3.63) is 158 Å². The second kappa shape index (κ2) is 11.8. The second-order valence-electron chi connectivity index (χ2n) is 12.2. The molecule has 0 aliphatic carbocycles. The van der Waals surface area contributed by atoms with E-state index in [9.17, 15) is 0 Å². The Balaban J connectivity index is 1.17. The van der Waals surface area contributed by atoms with Crippen LogP contribution in [0.2, 0.25) is 0 Å². The van der Waals surface area contributed by atoms with Crippen LogP contribution in [0.5, 0.6) is 0 Å². The van der Waals surface area contributed by atoms with Gasteiger partial charge in [-0.3, -0.25) is 0 Å². The molecular weight excluding hydrogens is 649 g/mol. The molecule has 0 saturated heterocycles. The largest absolute Gasteiger partial charge is 0.228 e. The summed E-state index contributed by atoms with van der Waals surface area (Å²) in [4.78, 5) is 20.7. The minimum atomic E-state index is 0.717. The molecule has 0 bridgehead atoms. The van der Waals surface area contributed by atoms with Crippen LogP contribution in [0, 0.1) is 0 Å². The highest BCUT2D eigenvalue weighted by molar-refractivity contribution is 7.26. The van der Waals surface area contributed by atoms with Gasteiger partial charge in [-0.1, -0.05) is 133 Å². The molecular formula is C44H26N4S2. The lowest BCUT2D eigenvalue weighted by molar-refractivity contribution is 1.19. The van der Waals surface area contributed by atoms with Crippen molar-refractivity contribution in [2.45, 2.75) is 0 Å². The Morgan fingerprint density at radius 3 is 1.74 bits per heavy atom. The number of rotatable bonds is 5. The molecule has 0 radical (unpaired) electrons. The van der Waals surface area contributed by atoms with Gasteiger partial charge in [0.15, 0.2) is 11.6 Å². The predicted octanol–water partition coefficient (Wildman–Crippen LogP) is 12.3. The van der Waals surface area contributed by atoms with Gasteiger partial charge in [-0.2, -0.15) is 0 Å². The molecule has 4 heterocycles. The van der Waals surface area contributed by atoms with Gasteiger partial charge in [-0.05, 0) is 24.3 Å². The van der Waals surface area contributed by atoms with E-state index in [2.05, 4.69) is 127 Å². The molecule has 4 aromatic heterocycles. The summed E-state index contributed by atoms with van der Waals surface area (Å²) >= 11 is 3.55. The van der Waals surface area contributed by atoms with Crippen molar-refractivity contribution in [1.29, 1.82) is 0 Å². The van der Waals surface area contributed by atoms with E-state index in [1.54, 1.807) is 22.7 Å². The van der Waals surface area contributed by atoms with Crippen LogP contribution in [0.1, 0.15) is 0 Å². The molecule has 6 aromatic carbocycles. The topological polar surface area (TPSA) is 51.6 Å². The van der Waals surface area contributed by atoms with Crippen LogP contribution in [0.3, 0.4) is 0 Å². The highest BCUT2D eigenvalue weighted by Gasteiger charge is 2.19. The average molecular weight is 675 g/mol. The molecule has 234 valence electrons. The monoisotopic (exact) mass is 674 g/mol. The SMILES string of the molecule is c1ccc(-c2cc(-c3ccccc3)nc(-c3cccc4sc5cc(-c6nc(-c7ccccc7)nc7c6sc6ccccc67)ccc5c34)n2)cc1. The summed E-state index contributed by atoms with van der Waals surface area (Å²) in [6, 6.07) is 54.8. The number of thiophene rings is 2. The fraction of sp³-hybridized carbons (Fsp3) is 0. The number of benzene rings is 6. The lowest BCUT2D eigenvalue weighted by Crippen LogP contribution is -1.96. The summed E-state index contributed by atoms with van der Waals surface area (Å²) in [5.74, 6) is 1.45. The number of hydrogen-bond donors (Lipinski definition) is 0. The molecule has 0 aliphatic heterocycles. The van der Waals surface area contributed by atoms with E-state index in [1.807, 2.05) is 30.3 Å². The van der Waals surface area contributed by atoms with E-state index >= 15 is 0 Å². The van der Waals surface area contributed by atoms with Crippen molar-refractivity contribution in [3.63, 3.8) is 0 Å². The van der Waals surface area contributed by atoms with Gasteiger partial charge in [-0.15, -0.1) is 22.7 Å². The Kier molecular flexibility index (Phi) is 6.82. The Bertz CT molecular complexity index is 2800. The molecule has 0 unspecified atom stereocenters. The smallest absolute Gasteiger partial charge is 0.161 e. The van der Waals surface area contributed by atoms with Crippen LogP contribution in [-0.4, -0.2) is 19.9 Å². The zero-order chi connectivity index (χ0) is 33.0. The summed E-state index contributed by atoms with van der Waals surface area (Å²) in [5.41, 5.74) is 9.00. The molecule has 0 aliphatic rings. The highest BCUT2D eigenvalue weighted by atomic mass is 32.1. The van der Waals surface area contributed by atoms with E-state index in [1.165, 1.54) is 24.9 Å². The molecule has 4 nitrogen and oxygen atoms in total. The second-order valence-corrected chi connectivity index (χ2v) is 14.4. The highest BCUT2D eigenvalue weighted by Crippen LogP contribution is 2.44. The molecule has 0 saturated carbocycles. The fourth-order valence-corrected chi connectivity index (χ4v) is 9.07. The van der Waals surface area contributed by atoms with Gasteiger partial charge < -0.3 is 0 Å². The zero-order valence-corrected chi connectivity index (χ0v) is 28.2. The third-order valence-corrected chi connectivity index (χ3v) is 11.4. The molecule has 6 heteroatoms. The molecule has 0 fully saturated rings. The first-order valence-electron chi connectivity index (χ1n) is 16.5. The summed E-state index contributed by atoms with van der Waals surface area (Å²) in [5, 5.41) is 3.51. The first kappa shape index (κ1) is 28.9. The maximum absolute atomic E-state index is 5.22. The van der Waals surface area contributed by atoms with Gasteiger partial charge in [0, 0.05) is 58.1 Å². The van der Waals surface area contributed by atoms with Crippen molar-refractivity contribution < 1.29 is 0 Å². The summed E-state index contributed by atoms with van der Waals surface area (Å²) in [7, 11) is 0. The van der Waals surface area contributed by atoms with Crippen molar-refractivity contribution in [2.24, 2.45) is 0 Å². The third kappa shape index (κ3) is 4.88. The van der Waals surface area contributed by atoms with Gasteiger partial charge in [0.05, 0.1) is 27.3 Å². The molecule has 0 atom stereocenters. The Morgan fingerprint density at radius 1 is 0.380 bits per heavy atom. The zero-order valence-electron chi connectivity index (χ0n) is 26.6. The Labute approximate surface area is 296 Å². The van der Waals surface area contributed by atoms with Gasteiger partial charge >= 0.3 is 0 Å². The molecule has 0 spiro atoms. The fourth-order valence-electron chi connectivity index (χ4n) is 6.74. The van der Waals surface area contributed by atoms with Crippen LogP contribution >= 0.6 is 22.7 Å². The van der Waals surface area contributed by atoms with Crippen LogP contribution in [0.4, 0.5) is 0 Å². The van der Waals surface area contributed by atoms with E-state index in [-0.39, 0.29) is 0 Å². The van der Waals surface area contributed by atoms with Crippen LogP contribution in [0.15, 0.2) is 158 Å². The van der Waals surface area contributed by atoms with Gasteiger partial charge in [-0.25, -0.2) is 19.9 Å². The maximum Gasteiger partial charge on any atom is 0.161 e. The Morgan fingerprint density at radius 2 is 1.02 bits per heavy atom. The van der Waals surface area contributed by atoms with Crippen LogP contribution in [0.25, 0.3) is 97.0 Å². The number of nitrogens with zero attached hydrogens (tertiary/aromatic N) is 4. The van der Waals surface area contributed by atoms with Gasteiger partial charge in [0.25, 0.3) is 0 Å². The maximum atomic E-state index is 5.22. The average Bonchev–Trinajstić information content (AvgIpc) is 3.76. The first-order valence-corrected chi connectivity index (χ1v) is 18.1. The van der Waals surface area contributed by atoms with Crippen molar-refractivity contribution in [2.75, 3.05) is 0 Å². The molecule has 50 heavy (non-hydrogen) atoms. The lowest BCUT2D eigenvalue weighted by Gasteiger charge is -2.10.